The third kappa shape index (κ3) is 2.02. The minimum atomic E-state index is -0.710. The van der Waals surface area contributed by atoms with E-state index in [4.69, 9.17) is 9.84 Å². The van der Waals surface area contributed by atoms with Gasteiger partial charge in [-0.2, -0.15) is 0 Å². The first-order valence-corrected chi connectivity index (χ1v) is 7.78. The Balaban J connectivity index is 1.65. The Labute approximate surface area is 133 Å². The van der Waals surface area contributed by atoms with E-state index in [1.165, 1.54) is 0 Å². The van der Waals surface area contributed by atoms with E-state index in [2.05, 4.69) is 5.32 Å². The fraction of sp³-hybridized carbons (Fsp3) is 0.412. The molecule has 0 radical (unpaired) electrons. The Morgan fingerprint density at radius 2 is 2.17 bits per heavy atom. The van der Waals surface area contributed by atoms with Crippen LogP contribution in [0.4, 0.5) is 5.69 Å². The van der Waals surface area contributed by atoms with Crippen molar-refractivity contribution in [2.24, 2.45) is 11.8 Å². The zero-order valence-electron chi connectivity index (χ0n) is 12.5. The van der Waals surface area contributed by atoms with Gasteiger partial charge in [0.15, 0.2) is 0 Å². The smallest absolute Gasteiger partial charge is 0.234 e. The van der Waals surface area contributed by atoms with Crippen LogP contribution in [0, 0.1) is 11.8 Å². The number of fused-ring (bicyclic) bond motifs is 1. The molecule has 3 heterocycles. The number of ether oxygens (including phenoxy) is 1. The molecule has 0 saturated carbocycles. The van der Waals surface area contributed by atoms with Gasteiger partial charge in [-0.25, -0.2) is 0 Å². The minimum Gasteiger partial charge on any atom is -0.395 e. The zero-order valence-corrected chi connectivity index (χ0v) is 12.5. The predicted octanol–water partition coefficient (Wildman–Crippen LogP) is 0.0815. The number of rotatable bonds is 4. The first-order chi connectivity index (χ1) is 11.2. The van der Waals surface area contributed by atoms with Crippen molar-refractivity contribution in [3.8, 4) is 0 Å². The van der Waals surface area contributed by atoms with E-state index < -0.39 is 17.4 Å². The monoisotopic (exact) mass is 314 g/mol. The van der Waals surface area contributed by atoms with Crippen molar-refractivity contribution in [2.45, 2.75) is 11.7 Å². The van der Waals surface area contributed by atoms with E-state index in [1.807, 2.05) is 42.5 Å². The first-order valence-electron chi connectivity index (χ1n) is 7.78. The Kier molecular flexibility index (Phi) is 3.25. The summed E-state index contributed by atoms with van der Waals surface area (Å²) in [5.74, 6) is -1.35. The summed E-state index contributed by atoms with van der Waals surface area (Å²) in [4.78, 5) is 27.1. The molecular formula is C17H18N2O4. The van der Waals surface area contributed by atoms with E-state index in [0.29, 0.717) is 6.54 Å². The molecule has 1 aromatic carbocycles. The number of carbonyl (C=O) groups is 2. The predicted molar refractivity (Wildman–Crippen MR) is 82.6 cm³/mol. The molecule has 120 valence electrons. The molecule has 23 heavy (non-hydrogen) atoms. The summed E-state index contributed by atoms with van der Waals surface area (Å²) in [7, 11) is 0. The average Bonchev–Trinajstić information content (AvgIpc) is 3.22. The highest BCUT2D eigenvalue weighted by molar-refractivity contribution is 6.03. The van der Waals surface area contributed by atoms with Crippen molar-refractivity contribution in [3.05, 3.63) is 42.5 Å². The second-order valence-electron chi connectivity index (χ2n) is 6.17. The minimum absolute atomic E-state index is 0.0767. The van der Waals surface area contributed by atoms with Crippen LogP contribution in [0.1, 0.15) is 0 Å². The van der Waals surface area contributed by atoms with Crippen molar-refractivity contribution in [1.29, 1.82) is 0 Å². The number of aliphatic hydroxyl groups is 1. The van der Waals surface area contributed by atoms with E-state index in [-0.39, 0.29) is 31.1 Å². The molecule has 6 nitrogen and oxygen atoms in total. The van der Waals surface area contributed by atoms with Gasteiger partial charge in [-0.05, 0) is 12.1 Å². The van der Waals surface area contributed by atoms with Crippen molar-refractivity contribution in [3.63, 3.8) is 0 Å². The summed E-state index contributed by atoms with van der Waals surface area (Å²) in [6, 6.07) is 9.43. The molecule has 3 aliphatic heterocycles. The molecule has 1 aromatic rings. The number of carbonyl (C=O) groups excluding carboxylic acids is 2. The van der Waals surface area contributed by atoms with Gasteiger partial charge in [0.2, 0.25) is 11.8 Å². The largest absolute Gasteiger partial charge is 0.395 e. The lowest BCUT2D eigenvalue weighted by atomic mass is 9.77. The van der Waals surface area contributed by atoms with Crippen LogP contribution in [-0.2, 0) is 14.3 Å². The number of nitrogens with zero attached hydrogens (tertiary/aromatic N) is 1. The number of amides is 2. The molecule has 2 bridgehead atoms. The van der Waals surface area contributed by atoms with Crippen LogP contribution in [0.5, 0.6) is 0 Å². The molecule has 2 fully saturated rings. The molecule has 2 saturated heterocycles. The highest BCUT2D eigenvalue weighted by Crippen LogP contribution is 2.52. The summed E-state index contributed by atoms with van der Waals surface area (Å²) < 4.78 is 6.02. The van der Waals surface area contributed by atoms with Crippen LogP contribution < -0.4 is 10.2 Å². The summed E-state index contributed by atoms with van der Waals surface area (Å²) in [6.45, 7) is 0.485. The van der Waals surface area contributed by atoms with E-state index in [1.54, 1.807) is 4.90 Å². The Bertz CT molecular complexity index is 674. The van der Waals surface area contributed by atoms with Gasteiger partial charge in [0, 0.05) is 12.2 Å². The number of nitrogens with one attached hydrogen (secondary N) is 1. The van der Waals surface area contributed by atoms with Crippen LogP contribution in [-0.4, -0.2) is 48.3 Å². The van der Waals surface area contributed by atoms with Gasteiger partial charge in [-0.3, -0.25) is 9.59 Å². The highest BCUT2D eigenvalue weighted by atomic mass is 16.5. The third-order valence-electron chi connectivity index (χ3n) is 4.88. The van der Waals surface area contributed by atoms with Crippen molar-refractivity contribution < 1.29 is 19.4 Å². The number of benzene rings is 1. The summed E-state index contributed by atoms with van der Waals surface area (Å²) >= 11 is 0. The lowest BCUT2D eigenvalue weighted by Crippen LogP contribution is -2.44. The lowest BCUT2D eigenvalue weighted by Gasteiger charge is -2.23. The van der Waals surface area contributed by atoms with Gasteiger partial charge in [-0.1, -0.05) is 30.4 Å². The standard InChI is InChI=1S/C17H18N2O4/c20-9-8-18-15(21)13-12-6-7-17(23-12)10-19(16(22)14(13)17)11-4-2-1-3-5-11/h1-7,12-14,20H,8-10H2,(H,18,21). The molecule has 0 aliphatic carbocycles. The van der Waals surface area contributed by atoms with Gasteiger partial charge in [0.05, 0.1) is 31.1 Å². The van der Waals surface area contributed by atoms with Crippen LogP contribution in [0.25, 0.3) is 0 Å². The SMILES string of the molecule is O=C(NCCO)C1C2C=CC3(CN(c4ccccc4)C(=O)C13)O2. The Hall–Kier alpha value is -2.18. The quantitative estimate of drug-likeness (QED) is 0.772. The second kappa shape index (κ2) is 5.18. The number of hydrogen-bond donors (Lipinski definition) is 2. The average molecular weight is 314 g/mol. The third-order valence-corrected chi connectivity index (χ3v) is 4.88. The Morgan fingerprint density at radius 1 is 1.39 bits per heavy atom. The molecule has 3 aliphatic rings. The number of aliphatic hydroxyl groups excluding tert-OH is 1. The highest BCUT2D eigenvalue weighted by Gasteiger charge is 2.66. The summed E-state index contributed by atoms with van der Waals surface area (Å²) in [5, 5.41) is 11.6. The maximum absolute atomic E-state index is 12.9. The normalized spacial score (nSPS) is 34.0. The summed E-state index contributed by atoms with van der Waals surface area (Å²) in [5.41, 5.74) is 0.106. The van der Waals surface area contributed by atoms with E-state index in [0.717, 1.165) is 5.69 Å². The summed E-state index contributed by atoms with van der Waals surface area (Å²) in [6.07, 6.45) is 3.45. The van der Waals surface area contributed by atoms with E-state index in [9.17, 15) is 9.59 Å². The number of para-hydroxylation sites is 1. The van der Waals surface area contributed by atoms with Crippen molar-refractivity contribution in [2.75, 3.05) is 24.6 Å². The molecular weight excluding hydrogens is 296 g/mol. The fourth-order valence-electron chi connectivity index (χ4n) is 3.92. The van der Waals surface area contributed by atoms with Gasteiger partial charge in [0.25, 0.3) is 0 Å². The van der Waals surface area contributed by atoms with Gasteiger partial charge < -0.3 is 20.1 Å². The van der Waals surface area contributed by atoms with Gasteiger partial charge >= 0.3 is 0 Å². The molecule has 6 heteroatoms. The van der Waals surface area contributed by atoms with Crippen molar-refractivity contribution in [1.82, 2.24) is 5.32 Å². The Morgan fingerprint density at radius 3 is 2.91 bits per heavy atom. The topological polar surface area (TPSA) is 78.9 Å². The molecule has 0 aromatic heterocycles. The van der Waals surface area contributed by atoms with E-state index >= 15 is 0 Å². The van der Waals surface area contributed by atoms with Crippen molar-refractivity contribution >= 4 is 17.5 Å². The molecule has 4 unspecified atom stereocenters. The van der Waals surface area contributed by atoms with Crippen LogP contribution in [0.2, 0.25) is 0 Å². The van der Waals surface area contributed by atoms with Gasteiger partial charge in [0.1, 0.15) is 5.60 Å². The van der Waals surface area contributed by atoms with Crippen LogP contribution >= 0.6 is 0 Å². The first kappa shape index (κ1) is 14.4. The van der Waals surface area contributed by atoms with Crippen LogP contribution in [0.15, 0.2) is 42.5 Å². The van der Waals surface area contributed by atoms with Crippen LogP contribution in [0.3, 0.4) is 0 Å². The molecule has 2 amide bonds. The second-order valence-corrected chi connectivity index (χ2v) is 6.17. The zero-order chi connectivity index (χ0) is 16.0. The fourth-order valence-corrected chi connectivity index (χ4v) is 3.92. The molecule has 1 spiro atoms. The van der Waals surface area contributed by atoms with Gasteiger partial charge in [-0.15, -0.1) is 0 Å². The lowest BCUT2D eigenvalue weighted by molar-refractivity contribution is -0.132. The maximum Gasteiger partial charge on any atom is 0.234 e. The molecule has 2 N–H and O–H groups in total. The molecule has 4 atom stereocenters. The molecule has 4 rings (SSSR count). The maximum atomic E-state index is 12.9. The number of hydrogen-bond acceptors (Lipinski definition) is 4. The number of anilines is 1.